The van der Waals surface area contributed by atoms with Crippen molar-refractivity contribution in [1.29, 1.82) is 0 Å². The van der Waals surface area contributed by atoms with Gasteiger partial charge in [-0.15, -0.1) is 0 Å². The van der Waals surface area contributed by atoms with Crippen molar-refractivity contribution in [1.82, 2.24) is 10.2 Å². The number of carbonyl (C=O) groups is 2. The molecule has 0 aromatic heterocycles. The number of hydrogen-bond donors (Lipinski definition) is 1. The molecule has 2 atom stereocenters. The molecule has 2 amide bonds. The maximum absolute atomic E-state index is 14.4. The third kappa shape index (κ3) is 5.94. The van der Waals surface area contributed by atoms with Crippen molar-refractivity contribution in [3.05, 3.63) is 29.6 Å². The molecule has 30 heavy (non-hydrogen) atoms. The summed E-state index contributed by atoms with van der Waals surface area (Å²) >= 11 is 0. The normalized spacial score (nSPS) is 23.8. The van der Waals surface area contributed by atoms with Gasteiger partial charge in [-0.3, -0.25) is 9.59 Å². The Bertz CT molecular complexity index is 751. The predicted octanol–water partition coefficient (Wildman–Crippen LogP) is 3.22. The van der Waals surface area contributed by atoms with Crippen molar-refractivity contribution in [2.24, 2.45) is 0 Å². The fraction of sp³-hybridized carbons (Fsp3) is 0.652. The Morgan fingerprint density at radius 2 is 2.23 bits per heavy atom. The lowest BCUT2D eigenvalue weighted by molar-refractivity contribution is -0.131. The Kier molecular flexibility index (Phi) is 7.69. The van der Waals surface area contributed by atoms with Crippen LogP contribution in [0.4, 0.5) is 4.39 Å². The first kappa shape index (κ1) is 22.5. The highest BCUT2D eigenvalue weighted by Gasteiger charge is 2.38. The number of hydrogen-bond acceptors (Lipinski definition) is 4. The minimum Gasteiger partial charge on any atom is -0.497 e. The van der Waals surface area contributed by atoms with Crippen molar-refractivity contribution in [2.45, 2.75) is 69.4 Å². The first-order valence-corrected chi connectivity index (χ1v) is 10.9. The maximum atomic E-state index is 14.4. The number of rotatable bonds is 9. The molecule has 1 aromatic carbocycles. The molecule has 7 heteroatoms. The van der Waals surface area contributed by atoms with Crippen molar-refractivity contribution in [3.63, 3.8) is 0 Å². The predicted molar refractivity (Wildman–Crippen MR) is 112 cm³/mol. The lowest BCUT2D eigenvalue weighted by Crippen LogP contribution is -2.45. The molecule has 3 rings (SSSR count). The maximum Gasteiger partial charge on any atom is 0.222 e. The minimum atomic E-state index is -0.604. The topological polar surface area (TPSA) is 67.9 Å². The van der Waals surface area contributed by atoms with Gasteiger partial charge in [-0.25, -0.2) is 4.39 Å². The van der Waals surface area contributed by atoms with Gasteiger partial charge in [0.15, 0.2) is 0 Å². The number of amides is 2. The summed E-state index contributed by atoms with van der Waals surface area (Å²) in [5.41, 5.74) is -0.111. The van der Waals surface area contributed by atoms with Crippen molar-refractivity contribution >= 4 is 11.8 Å². The average molecular weight is 421 g/mol. The molecule has 0 aliphatic carbocycles. The van der Waals surface area contributed by atoms with Gasteiger partial charge >= 0.3 is 0 Å². The second-order valence-corrected chi connectivity index (χ2v) is 8.56. The Balaban J connectivity index is 1.58. The molecule has 2 aliphatic rings. The van der Waals surface area contributed by atoms with Crippen LogP contribution in [0.3, 0.4) is 0 Å². The molecule has 6 nitrogen and oxygen atoms in total. The van der Waals surface area contributed by atoms with E-state index < -0.39 is 5.54 Å². The van der Waals surface area contributed by atoms with Crippen LogP contribution in [-0.2, 0) is 20.7 Å². The lowest BCUT2D eigenvalue weighted by Gasteiger charge is -2.31. The van der Waals surface area contributed by atoms with Crippen LogP contribution < -0.4 is 10.1 Å². The summed E-state index contributed by atoms with van der Waals surface area (Å²) < 4.78 is 25.3. The van der Waals surface area contributed by atoms with Crippen molar-refractivity contribution < 1.29 is 23.5 Å². The largest absolute Gasteiger partial charge is 0.497 e. The summed E-state index contributed by atoms with van der Waals surface area (Å²) in [6, 6.07) is 4.62. The highest BCUT2D eigenvalue weighted by atomic mass is 19.1. The van der Waals surface area contributed by atoms with Gasteiger partial charge in [0.1, 0.15) is 11.6 Å². The molecular formula is C23H33FN2O4. The van der Waals surface area contributed by atoms with E-state index in [-0.39, 0.29) is 23.7 Å². The van der Waals surface area contributed by atoms with E-state index in [1.54, 1.807) is 17.0 Å². The zero-order valence-electron chi connectivity index (χ0n) is 18.0. The van der Waals surface area contributed by atoms with E-state index >= 15 is 0 Å². The van der Waals surface area contributed by atoms with Gasteiger partial charge in [0.05, 0.1) is 13.2 Å². The number of methoxy groups -OCH3 is 1. The van der Waals surface area contributed by atoms with Gasteiger partial charge in [0.2, 0.25) is 11.8 Å². The van der Waals surface area contributed by atoms with Crippen molar-refractivity contribution in [3.8, 4) is 5.75 Å². The third-order valence-electron chi connectivity index (χ3n) is 6.32. The van der Waals surface area contributed by atoms with Crippen LogP contribution in [-0.4, -0.2) is 55.7 Å². The molecule has 2 unspecified atom stereocenters. The summed E-state index contributed by atoms with van der Waals surface area (Å²) in [5, 5.41) is 3.02. The molecule has 166 valence electrons. The first-order valence-electron chi connectivity index (χ1n) is 10.9. The van der Waals surface area contributed by atoms with Crippen LogP contribution in [0.15, 0.2) is 18.2 Å². The summed E-state index contributed by atoms with van der Waals surface area (Å²) in [6.45, 7) is 1.47. The van der Waals surface area contributed by atoms with Crippen LogP contribution in [0.1, 0.15) is 56.9 Å². The smallest absolute Gasteiger partial charge is 0.222 e. The quantitative estimate of drug-likeness (QED) is 0.666. The van der Waals surface area contributed by atoms with Crippen molar-refractivity contribution in [2.75, 3.05) is 27.3 Å². The SMILES string of the molecule is COc1ccc(F)c(CC2(CCC(=O)N(C)CCC3CCCCO3)CCC(=O)N2)c1. The first-order chi connectivity index (χ1) is 14.4. The Morgan fingerprint density at radius 3 is 2.90 bits per heavy atom. The molecule has 0 radical (unpaired) electrons. The van der Waals surface area contributed by atoms with E-state index in [0.29, 0.717) is 50.0 Å². The van der Waals surface area contributed by atoms with Crippen LogP contribution in [0.2, 0.25) is 0 Å². The van der Waals surface area contributed by atoms with E-state index in [1.807, 2.05) is 7.05 Å². The number of ether oxygens (including phenoxy) is 2. The molecule has 2 aliphatic heterocycles. The highest BCUT2D eigenvalue weighted by Crippen LogP contribution is 2.32. The fourth-order valence-corrected chi connectivity index (χ4v) is 4.39. The molecule has 2 saturated heterocycles. The van der Waals surface area contributed by atoms with E-state index in [9.17, 15) is 14.0 Å². The van der Waals surface area contributed by atoms with Crippen LogP contribution >= 0.6 is 0 Å². The Hall–Kier alpha value is -2.15. The standard InChI is InChI=1S/C23H33FN2O4/c1-26(13-10-18-5-3-4-14-30-18)22(28)9-12-23(11-8-21(27)25-23)16-17-15-19(29-2)6-7-20(17)24/h6-7,15,18H,3-5,8-14,16H2,1-2H3,(H,25,27). The molecule has 0 spiro atoms. The molecule has 0 bridgehead atoms. The number of halogens is 1. The van der Waals surface area contributed by atoms with Gasteiger partial charge in [0.25, 0.3) is 0 Å². The van der Waals surface area contributed by atoms with Crippen LogP contribution in [0.5, 0.6) is 5.75 Å². The molecule has 2 heterocycles. The van der Waals surface area contributed by atoms with Gasteiger partial charge in [-0.2, -0.15) is 0 Å². The van der Waals surface area contributed by atoms with Gasteiger partial charge in [-0.05, 0) is 68.7 Å². The monoisotopic (exact) mass is 420 g/mol. The van der Waals surface area contributed by atoms with E-state index in [4.69, 9.17) is 9.47 Å². The number of nitrogens with one attached hydrogen (secondary N) is 1. The fourth-order valence-electron chi connectivity index (χ4n) is 4.39. The number of benzene rings is 1. The van der Waals surface area contributed by atoms with Gasteiger partial charge in [-0.1, -0.05) is 0 Å². The lowest BCUT2D eigenvalue weighted by atomic mass is 9.84. The van der Waals surface area contributed by atoms with Crippen LogP contribution in [0, 0.1) is 5.82 Å². The van der Waals surface area contributed by atoms with E-state index in [2.05, 4.69) is 5.32 Å². The summed E-state index contributed by atoms with van der Waals surface area (Å²) in [7, 11) is 3.35. The number of carbonyl (C=O) groups excluding carboxylic acids is 2. The minimum absolute atomic E-state index is 0.0393. The molecule has 2 fully saturated rings. The van der Waals surface area contributed by atoms with Gasteiger partial charge < -0.3 is 19.7 Å². The zero-order valence-corrected chi connectivity index (χ0v) is 18.0. The van der Waals surface area contributed by atoms with E-state index in [0.717, 1.165) is 25.9 Å². The van der Waals surface area contributed by atoms with E-state index in [1.165, 1.54) is 19.6 Å². The molecular weight excluding hydrogens is 387 g/mol. The zero-order chi connectivity index (χ0) is 21.6. The van der Waals surface area contributed by atoms with Crippen LogP contribution in [0.25, 0.3) is 0 Å². The third-order valence-corrected chi connectivity index (χ3v) is 6.32. The Morgan fingerprint density at radius 1 is 1.40 bits per heavy atom. The second kappa shape index (κ2) is 10.2. The Labute approximate surface area is 178 Å². The molecule has 0 saturated carbocycles. The molecule has 1 aromatic rings. The number of nitrogens with zero attached hydrogens (tertiary/aromatic N) is 1. The average Bonchev–Trinajstić information content (AvgIpc) is 3.13. The summed E-state index contributed by atoms with van der Waals surface area (Å²) in [6.07, 6.45) is 6.58. The molecule has 1 N–H and O–H groups in total. The van der Waals surface area contributed by atoms with Gasteiger partial charge in [0, 0.05) is 38.6 Å². The highest BCUT2D eigenvalue weighted by molar-refractivity contribution is 5.80. The second-order valence-electron chi connectivity index (χ2n) is 8.56. The summed E-state index contributed by atoms with van der Waals surface area (Å²) in [5.74, 6) is 0.241. The summed E-state index contributed by atoms with van der Waals surface area (Å²) in [4.78, 5) is 26.4.